The Labute approximate surface area is 180 Å². The van der Waals surface area contributed by atoms with Crippen LogP contribution in [0, 0.1) is 12.7 Å². The fraction of sp³-hybridized carbons (Fsp3) is 0.381. The quantitative estimate of drug-likeness (QED) is 0.465. The van der Waals surface area contributed by atoms with Crippen molar-refractivity contribution in [3.05, 3.63) is 65.5 Å². The molecule has 0 unspecified atom stereocenters. The Balaban J connectivity index is 1.51. The van der Waals surface area contributed by atoms with Crippen molar-refractivity contribution in [3.63, 3.8) is 0 Å². The summed E-state index contributed by atoms with van der Waals surface area (Å²) in [7, 11) is -3.82. The molecule has 1 heterocycles. The Morgan fingerprint density at radius 2 is 1.65 bits per heavy atom. The summed E-state index contributed by atoms with van der Waals surface area (Å²) in [5, 5.41) is 23.0. The van der Waals surface area contributed by atoms with E-state index in [-0.39, 0.29) is 30.2 Å². The average Bonchev–Trinajstić information content (AvgIpc) is 3.00. The third-order valence-electron chi connectivity index (χ3n) is 5.06. The number of carbonyl (C=O) groups excluding carboxylic acids is 1. The minimum Gasteiger partial charge on any atom is -0.388 e. The standard InChI is InChI=1S/C21H25FN2O6S/c1-13-2-8-16(9-3-13)31(28,29)24-12-18-21(27)20(26)17(30-18)10-19(25)23-11-14-4-6-15(22)7-5-14/h2-9,17-18,20-21,24,26-27H,10-12H2,1H3,(H,23,25)/t17-,18+,20-,21+/m0/s1. The maximum atomic E-state index is 12.9. The number of aryl methyl sites for hydroxylation is 1. The lowest BCUT2D eigenvalue weighted by Crippen LogP contribution is -2.40. The molecule has 0 spiro atoms. The summed E-state index contributed by atoms with van der Waals surface area (Å²) >= 11 is 0. The molecular formula is C21H25FN2O6S. The summed E-state index contributed by atoms with van der Waals surface area (Å²) in [6, 6.07) is 11.9. The maximum Gasteiger partial charge on any atom is 0.240 e. The number of rotatable bonds is 8. The lowest BCUT2D eigenvalue weighted by atomic mass is 10.1. The van der Waals surface area contributed by atoms with Crippen LogP contribution in [0.25, 0.3) is 0 Å². The van der Waals surface area contributed by atoms with Crippen molar-refractivity contribution in [1.82, 2.24) is 10.0 Å². The van der Waals surface area contributed by atoms with Gasteiger partial charge in [-0.3, -0.25) is 4.79 Å². The van der Waals surface area contributed by atoms with E-state index in [0.29, 0.717) is 5.56 Å². The van der Waals surface area contributed by atoms with Gasteiger partial charge in [0.2, 0.25) is 15.9 Å². The van der Waals surface area contributed by atoms with Crippen molar-refractivity contribution < 1.29 is 32.6 Å². The van der Waals surface area contributed by atoms with E-state index < -0.39 is 40.3 Å². The van der Waals surface area contributed by atoms with Gasteiger partial charge in [0.15, 0.2) is 0 Å². The molecule has 1 saturated heterocycles. The van der Waals surface area contributed by atoms with Gasteiger partial charge >= 0.3 is 0 Å². The number of ether oxygens (including phenoxy) is 1. The lowest BCUT2D eigenvalue weighted by molar-refractivity contribution is -0.125. The van der Waals surface area contributed by atoms with Gasteiger partial charge in [-0.25, -0.2) is 17.5 Å². The zero-order valence-corrected chi connectivity index (χ0v) is 17.7. The molecule has 0 bridgehead atoms. The van der Waals surface area contributed by atoms with Gasteiger partial charge in [-0.2, -0.15) is 0 Å². The fourth-order valence-electron chi connectivity index (χ4n) is 3.21. The number of hydrogen-bond acceptors (Lipinski definition) is 6. The number of sulfonamides is 1. The van der Waals surface area contributed by atoms with Crippen LogP contribution in [0.1, 0.15) is 17.5 Å². The molecule has 0 saturated carbocycles. The highest BCUT2D eigenvalue weighted by Crippen LogP contribution is 2.24. The van der Waals surface area contributed by atoms with Crippen LogP contribution in [0.4, 0.5) is 4.39 Å². The molecule has 1 amide bonds. The van der Waals surface area contributed by atoms with Gasteiger partial charge in [0, 0.05) is 13.1 Å². The summed E-state index contributed by atoms with van der Waals surface area (Å²) in [4.78, 5) is 12.2. The van der Waals surface area contributed by atoms with Gasteiger partial charge in [0.05, 0.1) is 17.4 Å². The molecule has 1 fully saturated rings. The van der Waals surface area contributed by atoms with Gasteiger partial charge in [-0.05, 0) is 36.8 Å². The molecule has 31 heavy (non-hydrogen) atoms. The second-order valence-electron chi connectivity index (χ2n) is 7.47. The first-order valence-corrected chi connectivity index (χ1v) is 11.2. The predicted molar refractivity (Wildman–Crippen MR) is 110 cm³/mol. The van der Waals surface area contributed by atoms with Crippen LogP contribution >= 0.6 is 0 Å². The summed E-state index contributed by atoms with van der Waals surface area (Å²) < 4.78 is 45.6. The SMILES string of the molecule is Cc1ccc(S(=O)(=O)NC[C@H]2O[C@@H](CC(=O)NCc3ccc(F)cc3)[C@H](O)[C@@H]2O)cc1. The summed E-state index contributed by atoms with van der Waals surface area (Å²) in [5.74, 6) is -0.808. The van der Waals surface area contributed by atoms with Gasteiger partial charge in [0.25, 0.3) is 0 Å². The van der Waals surface area contributed by atoms with Gasteiger partial charge in [0.1, 0.15) is 24.1 Å². The van der Waals surface area contributed by atoms with E-state index in [4.69, 9.17) is 4.74 Å². The summed E-state index contributed by atoms with van der Waals surface area (Å²) in [6.07, 6.45) is -4.91. The van der Waals surface area contributed by atoms with Crippen molar-refractivity contribution >= 4 is 15.9 Å². The molecule has 1 aliphatic rings. The monoisotopic (exact) mass is 452 g/mol. The van der Waals surface area contributed by atoms with E-state index in [1.54, 1.807) is 12.1 Å². The molecule has 3 rings (SSSR count). The zero-order chi connectivity index (χ0) is 22.6. The topological polar surface area (TPSA) is 125 Å². The molecule has 2 aromatic rings. The first-order chi connectivity index (χ1) is 14.7. The second kappa shape index (κ2) is 9.84. The zero-order valence-electron chi connectivity index (χ0n) is 16.9. The third-order valence-corrected chi connectivity index (χ3v) is 6.50. The molecule has 1 aliphatic heterocycles. The third kappa shape index (κ3) is 6.08. The van der Waals surface area contributed by atoms with Gasteiger partial charge in [-0.1, -0.05) is 29.8 Å². The van der Waals surface area contributed by atoms with Crippen LogP contribution in [0.2, 0.25) is 0 Å². The van der Waals surface area contributed by atoms with Crippen molar-refractivity contribution in [2.45, 2.75) is 49.2 Å². The largest absolute Gasteiger partial charge is 0.388 e. The van der Waals surface area contributed by atoms with Gasteiger partial charge < -0.3 is 20.3 Å². The highest BCUT2D eigenvalue weighted by Gasteiger charge is 2.43. The number of carbonyl (C=O) groups is 1. The second-order valence-corrected chi connectivity index (χ2v) is 9.23. The summed E-state index contributed by atoms with van der Waals surface area (Å²) in [5.41, 5.74) is 1.61. The smallest absolute Gasteiger partial charge is 0.240 e. The van der Waals surface area contributed by atoms with E-state index >= 15 is 0 Å². The van der Waals surface area contributed by atoms with E-state index in [1.165, 1.54) is 36.4 Å². The highest BCUT2D eigenvalue weighted by molar-refractivity contribution is 7.89. The molecule has 4 atom stereocenters. The highest BCUT2D eigenvalue weighted by atomic mass is 32.2. The van der Waals surface area contributed by atoms with Crippen molar-refractivity contribution in [2.75, 3.05) is 6.54 Å². The normalized spacial score (nSPS) is 23.6. The van der Waals surface area contributed by atoms with Crippen molar-refractivity contribution in [1.29, 1.82) is 0 Å². The van der Waals surface area contributed by atoms with Gasteiger partial charge in [-0.15, -0.1) is 0 Å². The van der Waals surface area contributed by atoms with Crippen molar-refractivity contribution in [3.8, 4) is 0 Å². The number of amides is 1. The Morgan fingerprint density at radius 1 is 1.03 bits per heavy atom. The Kier molecular flexibility index (Phi) is 7.39. The average molecular weight is 453 g/mol. The number of nitrogens with one attached hydrogen (secondary N) is 2. The molecule has 0 aliphatic carbocycles. The Bertz CT molecular complexity index is 998. The number of hydrogen-bond donors (Lipinski definition) is 4. The molecule has 10 heteroatoms. The minimum atomic E-state index is -3.82. The van der Waals surface area contributed by atoms with E-state index in [9.17, 15) is 27.8 Å². The maximum absolute atomic E-state index is 12.9. The van der Waals surface area contributed by atoms with E-state index in [1.807, 2.05) is 6.92 Å². The lowest BCUT2D eigenvalue weighted by Gasteiger charge is -2.15. The van der Waals surface area contributed by atoms with Crippen LogP contribution < -0.4 is 10.0 Å². The Morgan fingerprint density at radius 3 is 2.29 bits per heavy atom. The number of aliphatic hydroxyl groups excluding tert-OH is 2. The summed E-state index contributed by atoms with van der Waals surface area (Å²) in [6.45, 7) is 1.75. The number of aliphatic hydroxyl groups is 2. The predicted octanol–water partition coefficient (Wildman–Crippen LogP) is 0.608. The van der Waals surface area contributed by atoms with Crippen LogP contribution in [-0.2, 0) is 26.1 Å². The number of halogens is 1. The molecule has 168 valence electrons. The number of benzene rings is 2. The van der Waals surface area contributed by atoms with E-state index in [0.717, 1.165) is 5.56 Å². The first-order valence-electron chi connectivity index (χ1n) is 9.75. The molecule has 8 nitrogen and oxygen atoms in total. The molecule has 0 radical (unpaired) electrons. The van der Waals surface area contributed by atoms with E-state index in [2.05, 4.69) is 10.0 Å². The fourth-order valence-corrected chi connectivity index (χ4v) is 4.26. The molecule has 4 N–H and O–H groups in total. The van der Waals surface area contributed by atoms with Crippen LogP contribution in [0.15, 0.2) is 53.4 Å². The molecule has 0 aromatic heterocycles. The first kappa shape index (κ1) is 23.3. The minimum absolute atomic E-state index is 0.0721. The van der Waals surface area contributed by atoms with Crippen LogP contribution in [0.5, 0.6) is 0 Å². The van der Waals surface area contributed by atoms with Crippen molar-refractivity contribution in [2.24, 2.45) is 0 Å². The molecule has 2 aromatic carbocycles. The van der Waals surface area contributed by atoms with Crippen LogP contribution in [-0.4, -0.2) is 55.5 Å². The molecular weight excluding hydrogens is 427 g/mol. The van der Waals surface area contributed by atoms with Crippen LogP contribution in [0.3, 0.4) is 0 Å². The Hall–Kier alpha value is -2.37.